The molecule has 1 aromatic heterocycles. The van der Waals surface area contributed by atoms with E-state index in [9.17, 15) is 0 Å². The lowest BCUT2D eigenvalue weighted by Crippen LogP contribution is -2.01. The normalized spacial score (nSPS) is 16.6. The molecule has 0 radical (unpaired) electrons. The highest BCUT2D eigenvalue weighted by Gasteiger charge is 2.11. The summed E-state index contributed by atoms with van der Waals surface area (Å²) in [4.78, 5) is 0. The molecule has 1 aliphatic carbocycles. The van der Waals surface area contributed by atoms with Crippen molar-refractivity contribution in [2.24, 2.45) is 7.05 Å². The summed E-state index contributed by atoms with van der Waals surface area (Å²) in [6, 6.07) is 12.9. The van der Waals surface area contributed by atoms with Crippen molar-refractivity contribution in [1.29, 1.82) is 0 Å². The Morgan fingerprint density at radius 3 is 2.72 bits per heavy atom. The summed E-state index contributed by atoms with van der Waals surface area (Å²) < 4.78 is 2.15. The van der Waals surface area contributed by atoms with Crippen LogP contribution in [-0.2, 0) is 13.5 Å². The van der Waals surface area contributed by atoms with Crippen molar-refractivity contribution in [1.82, 2.24) is 4.57 Å². The summed E-state index contributed by atoms with van der Waals surface area (Å²) in [5, 5.41) is 0. The van der Waals surface area contributed by atoms with Gasteiger partial charge in [-0.3, -0.25) is 0 Å². The van der Waals surface area contributed by atoms with Crippen LogP contribution in [-0.4, -0.2) is 4.57 Å². The number of fused-ring (bicyclic) bond motifs is 1. The standard InChI is InChI=1S/C17H17N/c1-13-10-14(12-16-7-5-9-18(16)2)11-15-6-3-4-8-17(13)15/h3-10,12H,11H2,1-2H3. The lowest BCUT2D eigenvalue weighted by Gasteiger charge is -2.17. The Kier molecular flexibility index (Phi) is 2.67. The molecular weight excluding hydrogens is 218 g/mol. The third-order valence-electron chi connectivity index (χ3n) is 3.56. The molecule has 1 aliphatic rings. The van der Waals surface area contributed by atoms with Crippen LogP contribution in [0, 0.1) is 0 Å². The van der Waals surface area contributed by atoms with Crippen LogP contribution in [0.1, 0.15) is 23.7 Å². The molecule has 0 unspecified atom stereocenters. The average molecular weight is 235 g/mol. The number of nitrogens with zero attached hydrogens (tertiary/aromatic N) is 1. The van der Waals surface area contributed by atoms with Gasteiger partial charge in [0, 0.05) is 18.9 Å². The molecule has 1 nitrogen and oxygen atoms in total. The fourth-order valence-electron chi connectivity index (χ4n) is 2.59. The molecule has 0 saturated heterocycles. The van der Waals surface area contributed by atoms with E-state index in [4.69, 9.17) is 0 Å². The molecule has 0 spiro atoms. The zero-order valence-electron chi connectivity index (χ0n) is 10.9. The van der Waals surface area contributed by atoms with Gasteiger partial charge in [0.05, 0.1) is 0 Å². The van der Waals surface area contributed by atoms with Crippen LogP contribution >= 0.6 is 0 Å². The van der Waals surface area contributed by atoms with E-state index in [1.54, 1.807) is 0 Å². The van der Waals surface area contributed by atoms with Crippen molar-refractivity contribution in [2.45, 2.75) is 13.3 Å². The first-order chi connectivity index (χ1) is 8.74. The van der Waals surface area contributed by atoms with Crippen LogP contribution in [0.25, 0.3) is 11.6 Å². The lowest BCUT2D eigenvalue weighted by molar-refractivity contribution is 0.913. The molecule has 90 valence electrons. The van der Waals surface area contributed by atoms with Gasteiger partial charge in [0.1, 0.15) is 0 Å². The summed E-state index contributed by atoms with van der Waals surface area (Å²) in [6.45, 7) is 2.19. The summed E-state index contributed by atoms with van der Waals surface area (Å²) in [7, 11) is 2.08. The Bertz CT molecular complexity index is 641. The number of hydrogen-bond donors (Lipinski definition) is 0. The number of hydrogen-bond acceptors (Lipinski definition) is 0. The summed E-state index contributed by atoms with van der Waals surface area (Å²) in [5.41, 5.74) is 6.82. The minimum atomic E-state index is 1.03. The molecule has 3 rings (SSSR count). The molecular formula is C17H17N. The second-order valence-corrected chi connectivity index (χ2v) is 4.92. The second kappa shape index (κ2) is 4.34. The van der Waals surface area contributed by atoms with Crippen molar-refractivity contribution in [3.63, 3.8) is 0 Å². The van der Waals surface area contributed by atoms with Crippen molar-refractivity contribution in [2.75, 3.05) is 0 Å². The molecule has 1 heterocycles. The first-order valence-electron chi connectivity index (χ1n) is 6.32. The number of aromatic nitrogens is 1. The SMILES string of the molecule is CC1=CC(=Cc2cccn2C)Cc2ccccc21. The maximum Gasteiger partial charge on any atom is 0.0406 e. The van der Waals surface area contributed by atoms with E-state index in [1.807, 2.05) is 0 Å². The van der Waals surface area contributed by atoms with E-state index >= 15 is 0 Å². The Hall–Kier alpha value is -2.02. The molecule has 0 N–H and O–H groups in total. The quantitative estimate of drug-likeness (QED) is 0.702. The fourth-order valence-corrected chi connectivity index (χ4v) is 2.59. The van der Waals surface area contributed by atoms with Gasteiger partial charge in [0.15, 0.2) is 0 Å². The highest BCUT2D eigenvalue weighted by molar-refractivity contribution is 5.75. The molecule has 0 bridgehead atoms. The van der Waals surface area contributed by atoms with Gasteiger partial charge < -0.3 is 4.57 Å². The predicted molar refractivity (Wildman–Crippen MR) is 77.2 cm³/mol. The van der Waals surface area contributed by atoms with Crippen molar-refractivity contribution >= 4 is 11.6 Å². The minimum Gasteiger partial charge on any atom is -0.351 e. The van der Waals surface area contributed by atoms with E-state index in [-0.39, 0.29) is 0 Å². The summed E-state index contributed by atoms with van der Waals surface area (Å²) in [5.74, 6) is 0. The Balaban J connectivity index is 2.02. The van der Waals surface area contributed by atoms with Crippen LogP contribution in [0.4, 0.5) is 0 Å². The number of aryl methyl sites for hydroxylation is 1. The molecule has 1 heteroatoms. The van der Waals surface area contributed by atoms with Gasteiger partial charge in [0.25, 0.3) is 0 Å². The topological polar surface area (TPSA) is 4.93 Å². The minimum absolute atomic E-state index is 1.03. The molecule has 0 atom stereocenters. The molecule has 2 aromatic rings. The van der Waals surface area contributed by atoms with Crippen LogP contribution < -0.4 is 0 Å². The van der Waals surface area contributed by atoms with Crippen LogP contribution in [0.5, 0.6) is 0 Å². The maximum absolute atomic E-state index is 2.30. The van der Waals surface area contributed by atoms with E-state index in [0.717, 1.165) is 6.42 Å². The van der Waals surface area contributed by atoms with E-state index in [0.29, 0.717) is 0 Å². The first-order valence-corrected chi connectivity index (χ1v) is 6.32. The Morgan fingerprint density at radius 1 is 1.11 bits per heavy atom. The molecule has 18 heavy (non-hydrogen) atoms. The van der Waals surface area contributed by atoms with E-state index in [1.165, 1.54) is 28.0 Å². The van der Waals surface area contributed by atoms with Gasteiger partial charge >= 0.3 is 0 Å². The monoisotopic (exact) mass is 235 g/mol. The summed E-state index contributed by atoms with van der Waals surface area (Å²) in [6.07, 6.45) is 7.69. The zero-order chi connectivity index (χ0) is 12.5. The van der Waals surface area contributed by atoms with Crippen LogP contribution in [0.3, 0.4) is 0 Å². The highest BCUT2D eigenvalue weighted by Crippen LogP contribution is 2.29. The maximum atomic E-state index is 2.30. The molecule has 0 aliphatic heterocycles. The number of allylic oxidation sites excluding steroid dienone is 3. The van der Waals surface area contributed by atoms with Gasteiger partial charge in [-0.15, -0.1) is 0 Å². The Morgan fingerprint density at radius 2 is 1.94 bits per heavy atom. The van der Waals surface area contributed by atoms with Crippen molar-refractivity contribution in [3.8, 4) is 0 Å². The second-order valence-electron chi connectivity index (χ2n) is 4.92. The van der Waals surface area contributed by atoms with Gasteiger partial charge in [-0.25, -0.2) is 0 Å². The van der Waals surface area contributed by atoms with Gasteiger partial charge in [0.2, 0.25) is 0 Å². The number of rotatable bonds is 1. The largest absolute Gasteiger partial charge is 0.351 e. The van der Waals surface area contributed by atoms with Gasteiger partial charge in [-0.1, -0.05) is 30.3 Å². The van der Waals surface area contributed by atoms with Crippen LogP contribution in [0.2, 0.25) is 0 Å². The molecule has 0 saturated carbocycles. The molecule has 0 fully saturated rings. The van der Waals surface area contributed by atoms with Crippen molar-refractivity contribution < 1.29 is 0 Å². The molecule has 1 aromatic carbocycles. The number of benzene rings is 1. The van der Waals surface area contributed by atoms with Gasteiger partial charge in [-0.2, -0.15) is 0 Å². The fraction of sp³-hybridized carbons (Fsp3) is 0.176. The zero-order valence-corrected chi connectivity index (χ0v) is 10.9. The lowest BCUT2D eigenvalue weighted by atomic mass is 9.88. The average Bonchev–Trinajstić information content (AvgIpc) is 2.75. The van der Waals surface area contributed by atoms with Crippen molar-refractivity contribution in [3.05, 3.63) is 71.1 Å². The van der Waals surface area contributed by atoms with E-state index in [2.05, 4.69) is 73.3 Å². The third kappa shape index (κ3) is 1.92. The smallest absolute Gasteiger partial charge is 0.0406 e. The Labute approximate surface area is 108 Å². The first kappa shape index (κ1) is 11.1. The molecule has 0 amide bonds. The third-order valence-corrected chi connectivity index (χ3v) is 3.56. The van der Waals surface area contributed by atoms with Crippen LogP contribution in [0.15, 0.2) is 54.2 Å². The van der Waals surface area contributed by atoms with Gasteiger partial charge in [-0.05, 0) is 53.8 Å². The van der Waals surface area contributed by atoms with E-state index < -0.39 is 0 Å². The predicted octanol–water partition coefficient (Wildman–Crippen LogP) is 4.07. The summed E-state index contributed by atoms with van der Waals surface area (Å²) >= 11 is 0. The highest BCUT2D eigenvalue weighted by atomic mass is 14.9.